The molecule has 0 heterocycles. The van der Waals surface area contributed by atoms with Crippen molar-refractivity contribution in [2.45, 2.75) is 19.3 Å². The van der Waals surface area contributed by atoms with Gasteiger partial charge in [0.2, 0.25) is 0 Å². The minimum Gasteiger partial charge on any atom is -0.507 e. The SMILES string of the molecule is O=C(O)C(CCCc1ccc2ccccc2c1O)C(=O)O. The average molecular weight is 288 g/mol. The monoisotopic (exact) mass is 288 g/mol. The molecule has 0 atom stereocenters. The first-order chi connectivity index (χ1) is 10.0. The Bertz CT molecular complexity index is 663. The molecule has 2 aromatic carbocycles. The third-order valence-corrected chi connectivity index (χ3v) is 3.52. The van der Waals surface area contributed by atoms with E-state index in [0.717, 1.165) is 10.8 Å². The van der Waals surface area contributed by atoms with Crippen molar-refractivity contribution in [3.05, 3.63) is 42.0 Å². The molecule has 5 heteroatoms. The van der Waals surface area contributed by atoms with E-state index in [1.807, 2.05) is 30.3 Å². The van der Waals surface area contributed by atoms with E-state index in [0.29, 0.717) is 18.4 Å². The van der Waals surface area contributed by atoms with Crippen LogP contribution in [0.25, 0.3) is 10.8 Å². The van der Waals surface area contributed by atoms with Gasteiger partial charge in [-0.05, 0) is 30.2 Å². The van der Waals surface area contributed by atoms with Gasteiger partial charge < -0.3 is 15.3 Å². The second kappa shape index (κ2) is 6.26. The predicted octanol–water partition coefficient (Wildman–Crippen LogP) is 2.65. The molecular formula is C16H16O5. The highest BCUT2D eigenvalue weighted by molar-refractivity contribution is 5.92. The number of benzene rings is 2. The molecule has 0 aliphatic carbocycles. The highest BCUT2D eigenvalue weighted by Gasteiger charge is 2.25. The van der Waals surface area contributed by atoms with Crippen LogP contribution in [-0.4, -0.2) is 27.3 Å². The molecular weight excluding hydrogens is 272 g/mol. The minimum absolute atomic E-state index is 0.0386. The third-order valence-electron chi connectivity index (χ3n) is 3.52. The van der Waals surface area contributed by atoms with Crippen LogP contribution in [-0.2, 0) is 16.0 Å². The summed E-state index contributed by atoms with van der Waals surface area (Å²) >= 11 is 0. The van der Waals surface area contributed by atoms with Crippen LogP contribution in [0.1, 0.15) is 18.4 Å². The smallest absolute Gasteiger partial charge is 0.317 e. The molecule has 0 spiro atoms. The number of rotatable bonds is 6. The Balaban J connectivity index is 2.09. The molecule has 0 aliphatic heterocycles. The first-order valence-electron chi connectivity index (χ1n) is 6.66. The van der Waals surface area contributed by atoms with Crippen LogP contribution in [0, 0.1) is 5.92 Å². The highest BCUT2D eigenvalue weighted by Crippen LogP contribution is 2.29. The molecule has 0 amide bonds. The fourth-order valence-corrected chi connectivity index (χ4v) is 2.35. The normalized spacial score (nSPS) is 10.9. The van der Waals surface area contributed by atoms with Gasteiger partial charge in [0.1, 0.15) is 5.75 Å². The maximum Gasteiger partial charge on any atom is 0.317 e. The van der Waals surface area contributed by atoms with Crippen molar-refractivity contribution < 1.29 is 24.9 Å². The number of fused-ring (bicyclic) bond motifs is 1. The minimum atomic E-state index is -1.40. The van der Waals surface area contributed by atoms with E-state index < -0.39 is 17.9 Å². The maximum absolute atomic E-state index is 10.8. The Hall–Kier alpha value is -2.56. The van der Waals surface area contributed by atoms with Crippen LogP contribution in [0.3, 0.4) is 0 Å². The second-order valence-corrected chi connectivity index (χ2v) is 4.92. The quantitative estimate of drug-likeness (QED) is 0.710. The molecule has 0 radical (unpaired) electrons. The van der Waals surface area contributed by atoms with Crippen LogP contribution in [0.15, 0.2) is 36.4 Å². The summed E-state index contributed by atoms with van der Waals surface area (Å²) in [6.07, 6.45) is 0.861. The summed E-state index contributed by atoms with van der Waals surface area (Å²) in [7, 11) is 0. The summed E-state index contributed by atoms with van der Waals surface area (Å²) < 4.78 is 0. The number of phenolic OH excluding ortho intramolecular Hbond substituents is 1. The number of phenols is 1. The Morgan fingerprint density at radius 3 is 2.33 bits per heavy atom. The lowest BCUT2D eigenvalue weighted by Gasteiger charge is -2.10. The van der Waals surface area contributed by atoms with E-state index >= 15 is 0 Å². The molecule has 0 aromatic heterocycles. The topological polar surface area (TPSA) is 94.8 Å². The van der Waals surface area contributed by atoms with Gasteiger partial charge in [0.15, 0.2) is 5.92 Å². The van der Waals surface area contributed by atoms with E-state index in [-0.39, 0.29) is 12.2 Å². The third kappa shape index (κ3) is 3.31. The molecule has 5 nitrogen and oxygen atoms in total. The van der Waals surface area contributed by atoms with Gasteiger partial charge in [-0.25, -0.2) is 0 Å². The van der Waals surface area contributed by atoms with Gasteiger partial charge in [0, 0.05) is 5.39 Å². The van der Waals surface area contributed by atoms with Crippen molar-refractivity contribution in [1.29, 1.82) is 0 Å². The largest absolute Gasteiger partial charge is 0.507 e. The second-order valence-electron chi connectivity index (χ2n) is 4.92. The number of hydrogen-bond donors (Lipinski definition) is 3. The Morgan fingerprint density at radius 2 is 1.67 bits per heavy atom. The lowest BCUT2D eigenvalue weighted by atomic mass is 9.97. The summed E-state index contributed by atoms with van der Waals surface area (Å²) in [5.74, 6) is -3.88. The fourth-order valence-electron chi connectivity index (χ4n) is 2.35. The number of carboxylic acids is 2. The van der Waals surface area contributed by atoms with Crippen LogP contribution in [0.2, 0.25) is 0 Å². The number of carbonyl (C=O) groups is 2. The summed E-state index contributed by atoms with van der Waals surface area (Å²) in [6, 6.07) is 11.1. The van der Waals surface area contributed by atoms with Gasteiger partial charge in [-0.2, -0.15) is 0 Å². The fraction of sp³-hybridized carbons (Fsp3) is 0.250. The van der Waals surface area contributed by atoms with E-state index in [9.17, 15) is 14.7 Å². The first kappa shape index (κ1) is 14.8. The molecule has 0 aliphatic rings. The molecule has 0 saturated heterocycles. The van der Waals surface area contributed by atoms with Crippen molar-refractivity contribution in [2.24, 2.45) is 5.92 Å². The molecule has 110 valence electrons. The van der Waals surface area contributed by atoms with E-state index in [1.165, 1.54) is 0 Å². The van der Waals surface area contributed by atoms with Crippen molar-refractivity contribution in [3.8, 4) is 5.75 Å². The van der Waals surface area contributed by atoms with Crippen LogP contribution in [0.5, 0.6) is 5.75 Å². The average Bonchev–Trinajstić information content (AvgIpc) is 2.45. The maximum atomic E-state index is 10.8. The van der Waals surface area contributed by atoms with Gasteiger partial charge in [0.05, 0.1) is 0 Å². The summed E-state index contributed by atoms with van der Waals surface area (Å²) in [4.78, 5) is 21.6. The van der Waals surface area contributed by atoms with Crippen molar-refractivity contribution in [1.82, 2.24) is 0 Å². The summed E-state index contributed by atoms with van der Waals surface area (Å²) in [5, 5.41) is 29.5. The number of carboxylic acid groups (broad SMARTS) is 2. The molecule has 3 N–H and O–H groups in total. The number of aromatic hydroxyl groups is 1. The van der Waals surface area contributed by atoms with Gasteiger partial charge in [-0.15, -0.1) is 0 Å². The van der Waals surface area contributed by atoms with E-state index in [4.69, 9.17) is 10.2 Å². The summed E-state index contributed by atoms with van der Waals surface area (Å²) in [5.41, 5.74) is 0.697. The molecule has 0 unspecified atom stereocenters. The van der Waals surface area contributed by atoms with Gasteiger partial charge in [-0.1, -0.05) is 36.4 Å². The first-order valence-corrected chi connectivity index (χ1v) is 6.66. The van der Waals surface area contributed by atoms with Crippen molar-refractivity contribution in [3.63, 3.8) is 0 Å². The molecule has 0 saturated carbocycles. The Labute approximate surface area is 121 Å². The zero-order chi connectivity index (χ0) is 15.4. The Morgan fingerprint density at radius 1 is 1.00 bits per heavy atom. The van der Waals surface area contributed by atoms with E-state index in [1.54, 1.807) is 6.07 Å². The van der Waals surface area contributed by atoms with Gasteiger partial charge in [-0.3, -0.25) is 9.59 Å². The molecule has 21 heavy (non-hydrogen) atoms. The number of aryl methyl sites for hydroxylation is 1. The van der Waals surface area contributed by atoms with Gasteiger partial charge in [0.25, 0.3) is 0 Å². The molecule has 0 fully saturated rings. The zero-order valence-corrected chi connectivity index (χ0v) is 11.3. The van der Waals surface area contributed by atoms with Gasteiger partial charge >= 0.3 is 11.9 Å². The number of aliphatic carboxylic acids is 2. The lowest BCUT2D eigenvalue weighted by Crippen LogP contribution is -2.23. The zero-order valence-electron chi connectivity index (χ0n) is 11.3. The molecule has 0 bridgehead atoms. The molecule has 2 aromatic rings. The number of hydrogen-bond acceptors (Lipinski definition) is 3. The predicted molar refractivity (Wildman–Crippen MR) is 77.3 cm³/mol. The highest BCUT2D eigenvalue weighted by atomic mass is 16.4. The van der Waals surface area contributed by atoms with Crippen molar-refractivity contribution >= 4 is 22.7 Å². The van der Waals surface area contributed by atoms with E-state index in [2.05, 4.69) is 0 Å². The standard InChI is InChI=1S/C16H16O5/c17-14-11(5-3-7-13(15(18)19)16(20)21)9-8-10-4-1-2-6-12(10)14/h1-2,4,6,8-9,13,17H,3,5,7H2,(H,18,19)(H,20,21). The van der Waals surface area contributed by atoms with Crippen molar-refractivity contribution in [2.75, 3.05) is 0 Å². The van der Waals surface area contributed by atoms with Crippen LogP contribution >= 0.6 is 0 Å². The molecule has 2 rings (SSSR count). The summed E-state index contributed by atoms with van der Waals surface area (Å²) in [6.45, 7) is 0. The van der Waals surface area contributed by atoms with Crippen LogP contribution in [0.4, 0.5) is 0 Å². The Kier molecular flexibility index (Phi) is 4.42. The lowest BCUT2D eigenvalue weighted by molar-refractivity contribution is -0.154. The van der Waals surface area contributed by atoms with Crippen LogP contribution < -0.4 is 0 Å².